The summed E-state index contributed by atoms with van der Waals surface area (Å²) in [4.78, 5) is 27.3. The first-order valence-electron chi connectivity index (χ1n) is 11.4. The highest BCUT2D eigenvalue weighted by Crippen LogP contribution is 2.21. The maximum absolute atomic E-state index is 13.6. The molecule has 2 aromatic carbocycles. The molecule has 0 saturated carbocycles. The van der Waals surface area contributed by atoms with Crippen molar-refractivity contribution >= 4 is 17.5 Å². The summed E-state index contributed by atoms with van der Waals surface area (Å²) in [6.07, 6.45) is 0.564. The average Bonchev–Trinajstić information content (AvgIpc) is 3.09. The van der Waals surface area contributed by atoms with Crippen LogP contribution in [0.4, 0.5) is 8.78 Å². The normalized spacial score (nSPS) is 13.1. The number of halogens is 3. The fraction of sp³-hybridized carbons (Fsp3) is 0.308. The molecule has 7 nitrogen and oxygen atoms in total. The maximum Gasteiger partial charge on any atom is 0.296 e. The number of nitrogens with zero attached hydrogens (tertiary/aromatic N) is 3. The molecule has 0 fully saturated rings. The minimum absolute atomic E-state index is 0.151. The van der Waals surface area contributed by atoms with Crippen molar-refractivity contribution in [3.63, 3.8) is 0 Å². The van der Waals surface area contributed by atoms with Crippen LogP contribution < -0.4 is 10.9 Å². The monoisotopic (exact) mass is 514 g/mol. The molecule has 10 heteroatoms. The highest BCUT2D eigenvalue weighted by molar-refractivity contribution is 6.30. The summed E-state index contributed by atoms with van der Waals surface area (Å²) in [6.45, 7) is 1.76. The van der Waals surface area contributed by atoms with Crippen LogP contribution in [0.3, 0.4) is 0 Å². The molecule has 4 rings (SSSR count). The summed E-state index contributed by atoms with van der Waals surface area (Å²) >= 11 is 6.00. The van der Waals surface area contributed by atoms with E-state index in [1.54, 1.807) is 16.8 Å². The predicted molar refractivity (Wildman–Crippen MR) is 131 cm³/mol. The van der Waals surface area contributed by atoms with Crippen molar-refractivity contribution in [1.82, 2.24) is 19.6 Å². The second-order valence-corrected chi connectivity index (χ2v) is 8.93. The molecule has 188 valence electrons. The van der Waals surface area contributed by atoms with Gasteiger partial charge in [-0.05, 0) is 41.3 Å². The minimum Gasteiger partial charge on any atom is -0.384 e. The Hall–Kier alpha value is -3.45. The molecule has 1 aliphatic rings. The Balaban J connectivity index is 1.59. The third-order valence-corrected chi connectivity index (χ3v) is 6.21. The van der Waals surface area contributed by atoms with E-state index in [2.05, 4.69) is 17.2 Å². The molecule has 0 radical (unpaired) electrons. The van der Waals surface area contributed by atoms with Crippen LogP contribution in [-0.2, 0) is 37.4 Å². The first kappa shape index (κ1) is 25.6. The lowest BCUT2D eigenvalue weighted by atomic mass is 10.1. The number of amides is 1. The molecule has 0 atom stereocenters. The van der Waals surface area contributed by atoms with E-state index in [-0.39, 0.29) is 12.1 Å². The van der Waals surface area contributed by atoms with Gasteiger partial charge in [-0.3, -0.25) is 19.2 Å². The topological polar surface area (TPSA) is 79.5 Å². The van der Waals surface area contributed by atoms with Crippen LogP contribution >= 0.6 is 11.6 Å². The van der Waals surface area contributed by atoms with Crippen LogP contribution in [0.15, 0.2) is 47.3 Å². The number of hydrogen-bond donors (Lipinski definition) is 2. The fourth-order valence-corrected chi connectivity index (χ4v) is 4.53. The number of aromatic nitrogens is 2. The van der Waals surface area contributed by atoms with Gasteiger partial charge in [-0.2, -0.15) is 0 Å². The smallest absolute Gasteiger partial charge is 0.296 e. The van der Waals surface area contributed by atoms with Crippen molar-refractivity contribution in [3.05, 3.63) is 91.9 Å². The fourth-order valence-electron chi connectivity index (χ4n) is 4.41. The van der Waals surface area contributed by atoms with E-state index in [0.29, 0.717) is 55.3 Å². The highest BCUT2D eigenvalue weighted by Gasteiger charge is 2.26. The van der Waals surface area contributed by atoms with Gasteiger partial charge >= 0.3 is 0 Å². The highest BCUT2D eigenvalue weighted by atomic mass is 35.5. The van der Waals surface area contributed by atoms with Crippen LogP contribution in [0.2, 0.25) is 5.02 Å². The van der Waals surface area contributed by atoms with Gasteiger partial charge in [0.15, 0.2) is 0 Å². The molecule has 0 spiro atoms. The zero-order valence-corrected chi connectivity index (χ0v) is 20.2. The van der Waals surface area contributed by atoms with E-state index in [9.17, 15) is 18.4 Å². The first-order valence-corrected chi connectivity index (χ1v) is 11.8. The molecule has 0 unspecified atom stereocenters. The van der Waals surface area contributed by atoms with Gasteiger partial charge in [-0.15, -0.1) is 0 Å². The Morgan fingerprint density at radius 2 is 1.78 bits per heavy atom. The Bertz CT molecular complexity index is 1350. The van der Waals surface area contributed by atoms with Crippen molar-refractivity contribution in [1.29, 1.82) is 0 Å². The SMILES string of the molecule is O=C(C#CCO)NCCn1c2c(c(=O)n1Cc1ccc(Cl)cc1)CN(Cc1cc(F)cc(F)c1)CC2. The minimum atomic E-state index is -0.634. The number of nitrogens with one attached hydrogen (secondary N) is 1. The Morgan fingerprint density at radius 1 is 1.06 bits per heavy atom. The molecule has 1 aliphatic heterocycles. The second-order valence-electron chi connectivity index (χ2n) is 8.49. The number of aliphatic hydroxyl groups is 1. The average molecular weight is 515 g/mol. The lowest BCUT2D eigenvalue weighted by Gasteiger charge is -2.27. The van der Waals surface area contributed by atoms with Gasteiger partial charge in [0.2, 0.25) is 0 Å². The van der Waals surface area contributed by atoms with Crippen LogP contribution in [0.1, 0.15) is 22.4 Å². The second kappa shape index (κ2) is 11.5. The summed E-state index contributed by atoms with van der Waals surface area (Å²) in [6, 6.07) is 10.6. The predicted octanol–water partition coefficient (Wildman–Crippen LogP) is 2.30. The molecule has 3 aromatic rings. The molecular formula is C26H25ClF2N4O3. The lowest BCUT2D eigenvalue weighted by Crippen LogP contribution is -2.33. The third-order valence-electron chi connectivity index (χ3n) is 5.95. The van der Waals surface area contributed by atoms with Crippen molar-refractivity contribution in [2.24, 2.45) is 0 Å². The van der Waals surface area contributed by atoms with Gasteiger partial charge in [0, 0.05) is 49.4 Å². The number of hydrogen-bond acceptors (Lipinski definition) is 4. The van der Waals surface area contributed by atoms with Gasteiger partial charge in [-0.1, -0.05) is 29.7 Å². The zero-order valence-electron chi connectivity index (χ0n) is 19.4. The Kier molecular flexibility index (Phi) is 8.21. The van der Waals surface area contributed by atoms with Gasteiger partial charge < -0.3 is 10.4 Å². The standard InChI is InChI=1S/C26H25ClF2N4O3/c27-20-5-3-18(4-6-20)16-33-26(36)23-17-31(15-19-12-21(28)14-22(29)13-19)9-7-24(23)32(33)10-8-30-25(35)2-1-11-34/h3-6,12-14,34H,7-11,15-17H2,(H,30,35). The largest absolute Gasteiger partial charge is 0.384 e. The third kappa shape index (κ3) is 6.21. The van der Waals surface area contributed by atoms with Crippen LogP contribution in [0.25, 0.3) is 0 Å². The summed E-state index contributed by atoms with van der Waals surface area (Å²) in [7, 11) is 0. The Morgan fingerprint density at radius 3 is 2.47 bits per heavy atom. The van der Waals surface area contributed by atoms with Crippen molar-refractivity contribution in [2.45, 2.75) is 32.6 Å². The van der Waals surface area contributed by atoms with Gasteiger partial charge in [0.05, 0.1) is 18.7 Å². The first-order chi connectivity index (χ1) is 17.3. The number of carbonyl (C=O) groups excluding carboxylic acids is 1. The summed E-state index contributed by atoms with van der Waals surface area (Å²) in [5.41, 5.74) is 2.73. The number of rotatable bonds is 7. The molecule has 0 aliphatic carbocycles. The molecule has 1 amide bonds. The van der Waals surface area contributed by atoms with Crippen molar-refractivity contribution < 1.29 is 18.7 Å². The summed E-state index contributed by atoms with van der Waals surface area (Å²) in [5, 5.41) is 12.0. The van der Waals surface area contributed by atoms with Gasteiger partial charge in [0.25, 0.3) is 11.5 Å². The molecule has 2 heterocycles. The van der Waals surface area contributed by atoms with E-state index in [4.69, 9.17) is 16.7 Å². The van der Waals surface area contributed by atoms with Crippen molar-refractivity contribution in [3.8, 4) is 11.8 Å². The molecule has 0 saturated heterocycles. The summed E-state index contributed by atoms with van der Waals surface area (Å²) < 4.78 is 30.8. The quantitative estimate of drug-likeness (QED) is 0.474. The maximum atomic E-state index is 13.6. The number of aliphatic hydroxyl groups excluding tert-OH is 1. The van der Waals surface area contributed by atoms with E-state index in [1.165, 1.54) is 12.1 Å². The van der Waals surface area contributed by atoms with E-state index >= 15 is 0 Å². The molecular weight excluding hydrogens is 490 g/mol. The van der Waals surface area contributed by atoms with Crippen LogP contribution in [0, 0.1) is 23.5 Å². The number of carbonyl (C=O) groups is 1. The lowest BCUT2D eigenvalue weighted by molar-refractivity contribution is -0.115. The molecule has 1 aromatic heterocycles. The van der Waals surface area contributed by atoms with E-state index in [0.717, 1.165) is 17.3 Å². The van der Waals surface area contributed by atoms with E-state index in [1.807, 2.05) is 21.7 Å². The van der Waals surface area contributed by atoms with E-state index < -0.39 is 24.1 Å². The molecule has 2 N–H and O–H groups in total. The number of benzene rings is 2. The molecule has 36 heavy (non-hydrogen) atoms. The summed E-state index contributed by atoms with van der Waals surface area (Å²) in [5.74, 6) is 2.80. The Labute approximate surface area is 211 Å². The molecule has 0 bridgehead atoms. The van der Waals surface area contributed by atoms with Crippen LogP contribution in [-0.4, -0.2) is 45.0 Å². The zero-order chi connectivity index (χ0) is 25.7. The van der Waals surface area contributed by atoms with Gasteiger partial charge in [-0.25, -0.2) is 13.5 Å². The van der Waals surface area contributed by atoms with Crippen LogP contribution in [0.5, 0.6) is 0 Å². The number of fused-ring (bicyclic) bond motifs is 1. The van der Waals surface area contributed by atoms with Crippen molar-refractivity contribution in [2.75, 3.05) is 19.7 Å². The van der Waals surface area contributed by atoms with Gasteiger partial charge in [0.1, 0.15) is 18.2 Å².